The molecule has 0 aliphatic carbocycles. The molecule has 0 aromatic heterocycles. The number of carbonyl (C=O) groups is 1. The fraction of sp³-hybridized carbons (Fsp3) is 0.316. The molecule has 1 unspecified atom stereocenters. The van der Waals surface area contributed by atoms with Crippen LogP contribution in [0.1, 0.15) is 12.5 Å². The normalized spacial score (nSPS) is 11.7. The highest BCUT2D eigenvalue weighted by atomic mass is 79.9. The fourth-order valence-corrected chi connectivity index (χ4v) is 3.47. The van der Waals surface area contributed by atoms with E-state index in [-0.39, 0.29) is 11.2 Å². The first kappa shape index (κ1) is 19.7. The van der Waals surface area contributed by atoms with Crippen LogP contribution in [0.25, 0.3) is 0 Å². The minimum atomic E-state index is -0.00419. The van der Waals surface area contributed by atoms with Crippen LogP contribution in [0, 0.1) is 0 Å². The summed E-state index contributed by atoms with van der Waals surface area (Å²) in [5, 5.41) is 3.28. The molecule has 0 aliphatic rings. The molecule has 6 heteroatoms. The summed E-state index contributed by atoms with van der Waals surface area (Å²) in [6.45, 7) is 2.72. The molecule has 1 amide bonds. The summed E-state index contributed by atoms with van der Waals surface area (Å²) in [4.78, 5) is 13.4. The minimum Gasteiger partial charge on any atom is -0.493 e. The van der Waals surface area contributed by atoms with Crippen LogP contribution in [0.3, 0.4) is 0 Å². The van der Waals surface area contributed by atoms with E-state index in [1.807, 2.05) is 30.3 Å². The second-order valence-electron chi connectivity index (χ2n) is 5.55. The second-order valence-corrected chi connectivity index (χ2v) is 7.98. The lowest BCUT2D eigenvalue weighted by Crippen LogP contribution is -2.30. The van der Waals surface area contributed by atoms with Crippen molar-refractivity contribution in [1.29, 1.82) is 0 Å². The highest BCUT2D eigenvalue weighted by molar-refractivity contribution is 9.10. The Morgan fingerprint density at radius 3 is 2.44 bits per heavy atom. The second kappa shape index (κ2) is 9.73. The lowest BCUT2D eigenvalue weighted by atomic mass is 10.1. The van der Waals surface area contributed by atoms with Gasteiger partial charge in [-0.2, -0.15) is 0 Å². The highest BCUT2D eigenvalue weighted by Crippen LogP contribution is 2.28. The maximum Gasteiger partial charge on any atom is 0.224 e. The fourth-order valence-electron chi connectivity index (χ4n) is 2.28. The number of rotatable bonds is 8. The predicted octanol–water partition coefficient (Wildman–Crippen LogP) is 4.31. The molecule has 0 fully saturated rings. The summed E-state index contributed by atoms with van der Waals surface area (Å²) in [5.74, 6) is 1.29. The van der Waals surface area contributed by atoms with Gasteiger partial charge < -0.3 is 14.8 Å². The van der Waals surface area contributed by atoms with Crippen LogP contribution in [-0.2, 0) is 11.2 Å². The van der Waals surface area contributed by atoms with Crippen LogP contribution in [-0.4, -0.2) is 31.9 Å². The Hall–Kier alpha value is -1.66. The van der Waals surface area contributed by atoms with Gasteiger partial charge in [0.25, 0.3) is 0 Å². The number of hydrogen-bond acceptors (Lipinski definition) is 4. The third-order valence-electron chi connectivity index (χ3n) is 3.55. The lowest BCUT2D eigenvalue weighted by Gasteiger charge is -2.13. The van der Waals surface area contributed by atoms with Gasteiger partial charge in [-0.05, 0) is 42.0 Å². The molecule has 0 aliphatic heterocycles. The summed E-state index contributed by atoms with van der Waals surface area (Å²) in [7, 11) is 3.18. The molecule has 1 N–H and O–H groups in total. The largest absolute Gasteiger partial charge is 0.493 e. The Balaban J connectivity index is 1.82. The number of hydrogen-bond donors (Lipinski definition) is 1. The van der Waals surface area contributed by atoms with Gasteiger partial charge in [-0.25, -0.2) is 0 Å². The van der Waals surface area contributed by atoms with E-state index in [4.69, 9.17) is 9.47 Å². The van der Waals surface area contributed by atoms with E-state index in [9.17, 15) is 4.79 Å². The van der Waals surface area contributed by atoms with Crippen molar-refractivity contribution < 1.29 is 14.3 Å². The lowest BCUT2D eigenvalue weighted by molar-refractivity contribution is -0.120. The molecule has 2 aromatic rings. The van der Waals surface area contributed by atoms with Gasteiger partial charge in [0.2, 0.25) is 5.91 Å². The first-order valence-electron chi connectivity index (χ1n) is 7.91. The van der Waals surface area contributed by atoms with Crippen molar-refractivity contribution in [1.82, 2.24) is 5.32 Å². The van der Waals surface area contributed by atoms with Crippen molar-refractivity contribution in [2.24, 2.45) is 0 Å². The van der Waals surface area contributed by atoms with E-state index in [0.717, 1.165) is 10.0 Å². The zero-order chi connectivity index (χ0) is 18.2. The van der Waals surface area contributed by atoms with E-state index in [1.165, 1.54) is 4.90 Å². The average Bonchev–Trinajstić information content (AvgIpc) is 2.62. The van der Waals surface area contributed by atoms with Gasteiger partial charge >= 0.3 is 0 Å². The molecule has 0 saturated heterocycles. The van der Waals surface area contributed by atoms with E-state index in [1.54, 1.807) is 26.0 Å². The third kappa shape index (κ3) is 6.29. The Kier molecular flexibility index (Phi) is 7.65. The van der Waals surface area contributed by atoms with Gasteiger partial charge in [0.15, 0.2) is 11.5 Å². The molecule has 0 saturated carbocycles. The summed E-state index contributed by atoms with van der Waals surface area (Å²) in [5.41, 5.74) is 0.892. The van der Waals surface area contributed by atoms with Crippen molar-refractivity contribution in [3.63, 3.8) is 0 Å². The number of carbonyl (C=O) groups excluding carboxylic acids is 1. The monoisotopic (exact) mass is 423 g/mol. The maximum absolute atomic E-state index is 12.2. The molecule has 0 spiro atoms. The van der Waals surface area contributed by atoms with Crippen LogP contribution >= 0.6 is 27.7 Å². The van der Waals surface area contributed by atoms with Crippen LogP contribution in [0.4, 0.5) is 0 Å². The molecular formula is C19H22BrNO3S. The van der Waals surface area contributed by atoms with E-state index < -0.39 is 0 Å². The number of amides is 1. The Bertz CT molecular complexity index is 706. The molecule has 25 heavy (non-hydrogen) atoms. The number of benzene rings is 2. The first-order valence-corrected chi connectivity index (χ1v) is 9.59. The van der Waals surface area contributed by atoms with Crippen molar-refractivity contribution in [2.45, 2.75) is 23.5 Å². The zero-order valence-corrected chi connectivity index (χ0v) is 16.9. The van der Waals surface area contributed by atoms with Gasteiger partial charge in [-0.1, -0.05) is 28.9 Å². The van der Waals surface area contributed by atoms with Gasteiger partial charge in [-0.15, -0.1) is 11.8 Å². The van der Waals surface area contributed by atoms with Crippen LogP contribution in [0.5, 0.6) is 11.5 Å². The number of ether oxygens (including phenoxy) is 2. The molecular weight excluding hydrogens is 402 g/mol. The molecule has 2 aromatic carbocycles. The Morgan fingerprint density at radius 2 is 1.80 bits per heavy atom. The average molecular weight is 424 g/mol. The number of halogens is 1. The highest BCUT2D eigenvalue weighted by Gasteiger charge is 2.10. The van der Waals surface area contributed by atoms with Gasteiger partial charge in [0.1, 0.15) is 0 Å². The summed E-state index contributed by atoms with van der Waals surface area (Å²) in [6.07, 6.45) is 0.316. The van der Waals surface area contributed by atoms with E-state index >= 15 is 0 Å². The van der Waals surface area contributed by atoms with Crippen molar-refractivity contribution in [2.75, 3.05) is 20.8 Å². The zero-order valence-electron chi connectivity index (χ0n) is 14.5. The van der Waals surface area contributed by atoms with E-state index in [2.05, 4.69) is 40.3 Å². The number of thioether (sulfide) groups is 1. The molecule has 0 bridgehead atoms. The molecule has 0 heterocycles. The SMILES string of the molecule is COc1ccc(CC(=O)NCC(C)Sc2ccc(Br)cc2)cc1OC. The quantitative estimate of drug-likeness (QED) is 0.642. The number of methoxy groups -OCH3 is 2. The molecule has 134 valence electrons. The summed E-state index contributed by atoms with van der Waals surface area (Å²) >= 11 is 5.17. The van der Waals surface area contributed by atoms with Crippen LogP contribution < -0.4 is 14.8 Å². The van der Waals surface area contributed by atoms with Crippen molar-refractivity contribution in [3.05, 3.63) is 52.5 Å². The molecule has 1 atom stereocenters. The van der Waals surface area contributed by atoms with Gasteiger partial charge in [0, 0.05) is 21.2 Å². The van der Waals surface area contributed by atoms with Gasteiger partial charge in [-0.3, -0.25) is 4.79 Å². The van der Waals surface area contributed by atoms with Crippen LogP contribution in [0.15, 0.2) is 51.8 Å². The smallest absolute Gasteiger partial charge is 0.224 e. The number of nitrogens with one attached hydrogen (secondary N) is 1. The Labute approximate surface area is 161 Å². The predicted molar refractivity (Wildman–Crippen MR) is 106 cm³/mol. The van der Waals surface area contributed by atoms with Gasteiger partial charge in [0.05, 0.1) is 20.6 Å². The summed E-state index contributed by atoms with van der Waals surface area (Å²) < 4.78 is 11.5. The topological polar surface area (TPSA) is 47.6 Å². The first-order chi connectivity index (χ1) is 12.0. The van der Waals surface area contributed by atoms with Crippen molar-refractivity contribution >= 4 is 33.6 Å². The summed E-state index contributed by atoms with van der Waals surface area (Å²) in [6, 6.07) is 13.7. The van der Waals surface area contributed by atoms with E-state index in [0.29, 0.717) is 24.5 Å². The standard InChI is InChI=1S/C19H22BrNO3S/c1-13(25-16-7-5-15(20)6-8-16)12-21-19(22)11-14-4-9-17(23-2)18(10-14)24-3/h4-10,13H,11-12H2,1-3H3,(H,21,22). The van der Waals surface area contributed by atoms with Crippen LogP contribution in [0.2, 0.25) is 0 Å². The maximum atomic E-state index is 12.2. The Morgan fingerprint density at radius 1 is 1.12 bits per heavy atom. The third-order valence-corrected chi connectivity index (χ3v) is 5.19. The molecule has 2 rings (SSSR count). The minimum absolute atomic E-state index is 0.00419. The molecule has 0 radical (unpaired) electrons. The molecule has 4 nitrogen and oxygen atoms in total. The van der Waals surface area contributed by atoms with Crippen molar-refractivity contribution in [3.8, 4) is 11.5 Å².